The number of aliphatic hydroxyl groups is 1. The number of aromatic nitrogens is 2. The van der Waals surface area contributed by atoms with E-state index in [1.807, 2.05) is 18.9 Å². The van der Waals surface area contributed by atoms with Gasteiger partial charge in [-0.1, -0.05) is 13.8 Å². The van der Waals surface area contributed by atoms with Crippen LogP contribution in [-0.4, -0.2) is 47.7 Å². The molecule has 2 N–H and O–H groups in total. The van der Waals surface area contributed by atoms with Gasteiger partial charge in [-0.2, -0.15) is 5.10 Å². The van der Waals surface area contributed by atoms with Crippen LogP contribution in [0.15, 0.2) is 17.1 Å². The van der Waals surface area contributed by atoms with Crippen molar-refractivity contribution in [3.63, 3.8) is 0 Å². The summed E-state index contributed by atoms with van der Waals surface area (Å²) in [5.41, 5.74) is 0.625. The summed E-state index contributed by atoms with van der Waals surface area (Å²) in [7, 11) is 1.93. The molecule has 6 heteroatoms. The minimum atomic E-state index is -0.607. The number of nitrogens with zero attached hydrogens (tertiary/aromatic N) is 3. The second-order valence-electron chi connectivity index (χ2n) is 4.62. The average molecular weight is 268 g/mol. The fourth-order valence-electron chi connectivity index (χ4n) is 1.81. The third-order valence-electron chi connectivity index (χ3n) is 2.87. The summed E-state index contributed by atoms with van der Waals surface area (Å²) in [5, 5.41) is 16.9. The molecular weight excluding hydrogens is 244 g/mol. The molecule has 1 atom stereocenters. The van der Waals surface area contributed by atoms with Gasteiger partial charge in [0.15, 0.2) is 0 Å². The number of hydrogen-bond acceptors (Lipinski definition) is 5. The molecule has 0 spiro atoms. The van der Waals surface area contributed by atoms with E-state index in [4.69, 9.17) is 0 Å². The highest BCUT2D eigenvalue weighted by Crippen LogP contribution is 2.07. The summed E-state index contributed by atoms with van der Waals surface area (Å²) in [6.07, 6.45) is 2.07. The van der Waals surface area contributed by atoms with Crippen LogP contribution in [0.4, 0.5) is 5.69 Å². The first-order valence-electron chi connectivity index (χ1n) is 6.75. The zero-order chi connectivity index (χ0) is 14.3. The molecule has 0 saturated carbocycles. The van der Waals surface area contributed by atoms with E-state index in [0.29, 0.717) is 6.54 Å². The van der Waals surface area contributed by atoms with Crippen molar-refractivity contribution in [2.45, 2.75) is 32.9 Å². The normalized spacial score (nSPS) is 12.4. The Labute approximate surface area is 114 Å². The molecular formula is C13H24N4O2. The first kappa shape index (κ1) is 15.7. The average Bonchev–Trinajstić information content (AvgIpc) is 2.39. The van der Waals surface area contributed by atoms with Crippen LogP contribution >= 0.6 is 0 Å². The van der Waals surface area contributed by atoms with Gasteiger partial charge in [0, 0.05) is 26.2 Å². The third-order valence-corrected chi connectivity index (χ3v) is 2.87. The largest absolute Gasteiger partial charge is 0.390 e. The zero-order valence-corrected chi connectivity index (χ0v) is 12.0. The summed E-state index contributed by atoms with van der Waals surface area (Å²) < 4.78 is 1.30. The summed E-state index contributed by atoms with van der Waals surface area (Å²) in [5.74, 6) is 0. The summed E-state index contributed by atoms with van der Waals surface area (Å²) >= 11 is 0. The monoisotopic (exact) mass is 268 g/mol. The summed E-state index contributed by atoms with van der Waals surface area (Å²) in [6.45, 7) is 6.40. The molecule has 0 aliphatic rings. The van der Waals surface area contributed by atoms with Crippen molar-refractivity contribution in [3.05, 3.63) is 22.6 Å². The summed E-state index contributed by atoms with van der Waals surface area (Å²) in [4.78, 5) is 13.9. The molecule has 0 amide bonds. The molecule has 6 nitrogen and oxygen atoms in total. The second kappa shape index (κ2) is 7.91. The van der Waals surface area contributed by atoms with Gasteiger partial charge in [-0.25, -0.2) is 4.68 Å². The number of likely N-dealkylation sites (N-methyl/N-ethyl adjacent to an activating group) is 1. The van der Waals surface area contributed by atoms with Crippen molar-refractivity contribution < 1.29 is 5.11 Å². The molecule has 19 heavy (non-hydrogen) atoms. The Balaban J connectivity index is 2.69. The van der Waals surface area contributed by atoms with Gasteiger partial charge in [0.2, 0.25) is 0 Å². The van der Waals surface area contributed by atoms with E-state index in [0.717, 1.165) is 25.2 Å². The Morgan fingerprint density at radius 1 is 1.53 bits per heavy atom. The lowest BCUT2D eigenvalue weighted by Crippen LogP contribution is -2.35. The summed E-state index contributed by atoms with van der Waals surface area (Å²) in [6, 6.07) is 1.56. The molecule has 0 aliphatic heterocycles. The van der Waals surface area contributed by atoms with E-state index < -0.39 is 6.10 Å². The lowest BCUT2D eigenvalue weighted by atomic mass is 10.3. The smallest absolute Gasteiger partial charge is 0.268 e. The van der Waals surface area contributed by atoms with Gasteiger partial charge in [0.1, 0.15) is 0 Å². The fourth-order valence-corrected chi connectivity index (χ4v) is 1.81. The number of hydrogen-bond donors (Lipinski definition) is 2. The van der Waals surface area contributed by atoms with Crippen LogP contribution in [0, 0.1) is 0 Å². The number of nitrogens with one attached hydrogen (secondary N) is 1. The Kier molecular flexibility index (Phi) is 6.52. The van der Waals surface area contributed by atoms with Gasteiger partial charge in [-0.3, -0.25) is 4.79 Å². The van der Waals surface area contributed by atoms with Crippen LogP contribution in [0.2, 0.25) is 0 Å². The highest BCUT2D eigenvalue weighted by Gasteiger charge is 2.08. The van der Waals surface area contributed by atoms with E-state index in [9.17, 15) is 9.90 Å². The predicted octanol–water partition coefficient (Wildman–Crippen LogP) is 0.0599. The van der Waals surface area contributed by atoms with Crippen LogP contribution < -0.4 is 15.8 Å². The first-order valence-corrected chi connectivity index (χ1v) is 6.75. The number of aliphatic hydroxyl groups excluding tert-OH is 1. The van der Waals surface area contributed by atoms with Crippen LogP contribution in [-0.2, 0) is 6.54 Å². The van der Waals surface area contributed by atoms with E-state index in [1.54, 1.807) is 12.3 Å². The number of rotatable bonds is 8. The quantitative estimate of drug-likeness (QED) is 0.698. The highest BCUT2D eigenvalue weighted by molar-refractivity contribution is 5.41. The van der Waals surface area contributed by atoms with Crippen molar-refractivity contribution in [2.24, 2.45) is 0 Å². The van der Waals surface area contributed by atoms with Crippen molar-refractivity contribution >= 4 is 5.69 Å². The van der Waals surface area contributed by atoms with E-state index >= 15 is 0 Å². The van der Waals surface area contributed by atoms with Crippen LogP contribution in [0.25, 0.3) is 0 Å². The van der Waals surface area contributed by atoms with Gasteiger partial charge in [0.05, 0.1) is 24.5 Å². The molecule has 0 bridgehead atoms. The SMILES string of the molecule is CCCN(C)c1cnn(CC(O)CNCC)c(=O)c1. The highest BCUT2D eigenvalue weighted by atomic mass is 16.3. The molecule has 0 saturated heterocycles. The fraction of sp³-hybridized carbons (Fsp3) is 0.692. The lowest BCUT2D eigenvalue weighted by Gasteiger charge is -2.18. The standard InChI is InChI=1S/C13H24N4O2/c1-4-6-16(3)11-7-13(19)17(15-8-11)10-12(18)9-14-5-2/h7-8,12,14,18H,4-6,9-10H2,1-3H3. The maximum absolute atomic E-state index is 11.9. The Morgan fingerprint density at radius 2 is 2.26 bits per heavy atom. The molecule has 0 fully saturated rings. The molecule has 1 unspecified atom stereocenters. The minimum absolute atomic E-state index is 0.184. The molecule has 1 aromatic heterocycles. The molecule has 1 heterocycles. The van der Waals surface area contributed by atoms with Gasteiger partial charge < -0.3 is 15.3 Å². The second-order valence-corrected chi connectivity index (χ2v) is 4.62. The van der Waals surface area contributed by atoms with Gasteiger partial charge >= 0.3 is 0 Å². The van der Waals surface area contributed by atoms with Crippen LogP contribution in [0.1, 0.15) is 20.3 Å². The Bertz CT molecular complexity index is 433. The van der Waals surface area contributed by atoms with E-state index in [1.165, 1.54) is 4.68 Å². The molecule has 1 rings (SSSR count). The van der Waals surface area contributed by atoms with Crippen LogP contribution in [0.5, 0.6) is 0 Å². The maximum atomic E-state index is 11.9. The molecule has 0 aliphatic carbocycles. The maximum Gasteiger partial charge on any atom is 0.268 e. The van der Waals surface area contributed by atoms with E-state index in [2.05, 4.69) is 17.3 Å². The molecule has 0 aromatic carbocycles. The number of anilines is 1. The molecule has 1 aromatic rings. The van der Waals surface area contributed by atoms with Crippen molar-refractivity contribution in [1.82, 2.24) is 15.1 Å². The van der Waals surface area contributed by atoms with Crippen molar-refractivity contribution in [3.8, 4) is 0 Å². The van der Waals surface area contributed by atoms with Gasteiger partial charge in [-0.05, 0) is 13.0 Å². The lowest BCUT2D eigenvalue weighted by molar-refractivity contribution is 0.145. The molecule has 108 valence electrons. The van der Waals surface area contributed by atoms with Gasteiger partial charge in [-0.15, -0.1) is 0 Å². The van der Waals surface area contributed by atoms with Gasteiger partial charge in [0.25, 0.3) is 5.56 Å². The molecule has 0 radical (unpaired) electrons. The minimum Gasteiger partial charge on any atom is -0.390 e. The first-order chi connectivity index (χ1) is 9.08. The zero-order valence-electron chi connectivity index (χ0n) is 12.0. The van der Waals surface area contributed by atoms with Crippen molar-refractivity contribution in [1.29, 1.82) is 0 Å². The Hall–Kier alpha value is -1.40. The van der Waals surface area contributed by atoms with Crippen LogP contribution in [0.3, 0.4) is 0 Å². The van der Waals surface area contributed by atoms with Crippen molar-refractivity contribution in [2.75, 3.05) is 31.6 Å². The third kappa shape index (κ3) is 5.00. The topological polar surface area (TPSA) is 70.4 Å². The Morgan fingerprint density at radius 3 is 2.84 bits per heavy atom. The predicted molar refractivity (Wildman–Crippen MR) is 76.6 cm³/mol. The van der Waals surface area contributed by atoms with E-state index in [-0.39, 0.29) is 12.1 Å².